The highest BCUT2D eigenvalue weighted by molar-refractivity contribution is 5.66. The van der Waals surface area contributed by atoms with Gasteiger partial charge >= 0.3 is 5.97 Å². The average molecular weight is 377 g/mol. The fourth-order valence-corrected chi connectivity index (χ4v) is 3.17. The molecule has 0 aliphatic heterocycles. The number of benzene rings is 1. The van der Waals surface area contributed by atoms with Gasteiger partial charge in [0.2, 0.25) is 0 Å². The average Bonchev–Trinajstić information content (AvgIpc) is 3.09. The molecule has 28 heavy (non-hydrogen) atoms. The Labute approximate surface area is 166 Å². The highest BCUT2D eigenvalue weighted by atomic mass is 16.4. The summed E-state index contributed by atoms with van der Waals surface area (Å²) in [7, 11) is 0. The van der Waals surface area contributed by atoms with E-state index in [2.05, 4.69) is 56.1 Å². The van der Waals surface area contributed by atoms with Crippen molar-refractivity contribution in [3.8, 4) is 16.9 Å². The SMILES string of the molecule is CC(C)(C)c1ccc(-n2nc(-c3ccncc3)cc2CCCCC(=O)O)cc1. The van der Waals surface area contributed by atoms with Gasteiger partial charge in [0.1, 0.15) is 0 Å². The lowest BCUT2D eigenvalue weighted by Crippen LogP contribution is -2.11. The minimum absolute atomic E-state index is 0.102. The predicted molar refractivity (Wildman–Crippen MR) is 111 cm³/mol. The fourth-order valence-electron chi connectivity index (χ4n) is 3.17. The Morgan fingerprint density at radius 1 is 1.04 bits per heavy atom. The lowest BCUT2D eigenvalue weighted by Gasteiger charge is -2.19. The predicted octanol–water partition coefficient (Wildman–Crippen LogP) is 5.03. The molecular formula is C23H27N3O2. The Hall–Kier alpha value is -2.95. The zero-order valence-electron chi connectivity index (χ0n) is 16.7. The number of rotatable bonds is 7. The van der Waals surface area contributed by atoms with Crippen LogP contribution in [0.5, 0.6) is 0 Å². The first-order valence-electron chi connectivity index (χ1n) is 9.66. The molecule has 5 heteroatoms. The number of pyridine rings is 1. The standard InChI is InChI=1S/C23H27N3O2/c1-23(2,3)18-8-10-19(11-9-18)26-20(6-4-5-7-22(27)28)16-21(25-26)17-12-14-24-15-13-17/h8-16H,4-7H2,1-3H3,(H,27,28). The molecule has 0 amide bonds. The van der Waals surface area contributed by atoms with Crippen LogP contribution in [0.4, 0.5) is 0 Å². The summed E-state index contributed by atoms with van der Waals surface area (Å²) < 4.78 is 1.98. The van der Waals surface area contributed by atoms with Gasteiger partial charge in [0.25, 0.3) is 0 Å². The number of hydrogen-bond acceptors (Lipinski definition) is 3. The maximum Gasteiger partial charge on any atom is 0.303 e. The second kappa shape index (κ2) is 8.38. The van der Waals surface area contributed by atoms with Gasteiger partial charge in [-0.15, -0.1) is 0 Å². The minimum atomic E-state index is -0.747. The monoisotopic (exact) mass is 377 g/mol. The first-order valence-corrected chi connectivity index (χ1v) is 9.66. The molecule has 0 aliphatic rings. The summed E-state index contributed by atoms with van der Waals surface area (Å²) in [4.78, 5) is 14.9. The van der Waals surface area contributed by atoms with E-state index in [0.717, 1.165) is 35.5 Å². The van der Waals surface area contributed by atoms with Crippen LogP contribution in [-0.4, -0.2) is 25.8 Å². The van der Waals surface area contributed by atoms with Crippen LogP contribution in [0.15, 0.2) is 54.9 Å². The minimum Gasteiger partial charge on any atom is -0.481 e. The van der Waals surface area contributed by atoms with Crippen molar-refractivity contribution in [3.05, 3.63) is 66.1 Å². The summed E-state index contributed by atoms with van der Waals surface area (Å²) in [6, 6.07) is 14.5. The van der Waals surface area contributed by atoms with E-state index >= 15 is 0 Å². The van der Waals surface area contributed by atoms with E-state index in [1.54, 1.807) is 12.4 Å². The number of aromatic nitrogens is 3. The van der Waals surface area contributed by atoms with Gasteiger partial charge in [-0.05, 0) is 60.6 Å². The van der Waals surface area contributed by atoms with E-state index in [0.29, 0.717) is 6.42 Å². The normalized spacial score (nSPS) is 11.5. The van der Waals surface area contributed by atoms with E-state index in [1.807, 2.05) is 16.8 Å². The van der Waals surface area contributed by atoms with Crippen LogP contribution in [0.3, 0.4) is 0 Å². The van der Waals surface area contributed by atoms with Gasteiger partial charge in [-0.2, -0.15) is 5.10 Å². The molecule has 0 atom stereocenters. The van der Waals surface area contributed by atoms with Gasteiger partial charge in [-0.25, -0.2) is 4.68 Å². The maximum atomic E-state index is 10.8. The Morgan fingerprint density at radius 3 is 2.32 bits per heavy atom. The van der Waals surface area contributed by atoms with Crippen LogP contribution in [0.2, 0.25) is 0 Å². The summed E-state index contributed by atoms with van der Waals surface area (Å²) in [6.07, 6.45) is 5.98. The Kier molecular flexibility index (Phi) is 5.93. The Bertz CT molecular complexity index is 923. The smallest absolute Gasteiger partial charge is 0.303 e. The summed E-state index contributed by atoms with van der Waals surface area (Å²) in [5, 5.41) is 13.7. The number of carboxylic acids is 1. The van der Waals surface area contributed by atoms with Crippen molar-refractivity contribution >= 4 is 5.97 Å². The number of unbranched alkanes of at least 4 members (excludes halogenated alkanes) is 1. The lowest BCUT2D eigenvalue weighted by molar-refractivity contribution is -0.137. The molecule has 3 rings (SSSR count). The largest absolute Gasteiger partial charge is 0.481 e. The molecule has 2 aromatic heterocycles. The second-order valence-corrected chi connectivity index (χ2v) is 8.07. The van der Waals surface area contributed by atoms with Crippen molar-refractivity contribution in [3.63, 3.8) is 0 Å². The van der Waals surface area contributed by atoms with Crippen molar-refractivity contribution < 1.29 is 9.90 Å². The molecule has 0 aliphatic carbocycles. The van der Waals surface area contributed by atoms with E-state index < -0.39 is 5.97 Å². The molecule has 3 aromatic rings. The molecule has 0 bridgehead atoms. The first-order chi connectivity index (χ1) is 13.3. The topological polar surface area (TPSA) is 68.0 Å². The van der Waals surface area contributed by atoms with Gasteiger partial charge in [0, 0.05) is 30.1 Å². The van der Waals surface area contributed by atoms with Crippen molar-refractivity contribution in [1.82, 2.24) is 14.8 Å². The lowest BCUT2D eigenvalue weighted by atomic mass is 9.87. The number of hydrogen-bond donors (Lipinski definition) is 1. The van der Waals surface area contributed by atoms with Crippen LogP contribution in [0, 0.1) is 0 Å². The molecule has 5 nitrogen and oxygen atoms in total. The number of carbonyl (C=O) groups is 1. The highest BCUT2D eigenvalue weighted by Gasteiger charge is 2.15. The molecular weight excluding hydrogens is 350 g/mol. The number of aryl methyl sites for hydroxylation is 1. The molecule has 0 unspecified atom stereocenters. The van der Waals surface area contributed by atoms with Crippen LogP contribution >= 0.6 is 0 Å². The van der Waals surface area contributed by atoms with Crippen LogP contribution in [0.25, 0.3) is 16.9 Å². The van der Waals surface area contributed by atoms with Gasteiger partial charge < -0.3 is 5.11 Å². The van der Waals surface area contributed by atoms with Crippen molar-refractivity contribution in [2.24, 2.45) is 0 Å². The van der Waals surface area contributed by atoms with Crippen LogP contribution in [0.1, 0.15) is 51.3 Å². The Balaban J connectivity index is 1.91. The zero-order chi connectivity index (χ0) is 20.1. The van der Waals surface area contributed by atoms with Gasteiger partial charge in [-0.3, -0.25) is 9.78 Å². The van der Waals surface area contributed by atoms with Crippen LogP contribution < -0.4 is 0 Å². The van der Waals surface area contributed by atoms with Crippen molar-refractivity contribution in [2.75, 3.05) is 0 Å². The summed E-state index contributed by atoms with van der Waals surface area (Å²) in [5.41, 5.74) is 5.40. The third-order valence-electron chi connectivity index (χ3n) is 4.81. The van der Waals surface area contributed by atoms with E-state index in [1.165, 1.54) is 5.56 Å². The molecule has 1 aromatic carbocycles. The van der Waals surface area contributed by atoms with Crippen LogP contribution in [-0.2, 0) is 16.6 Å². The first kappa shape index (κ1) is 19.8. The second-order valence-electron chi connectivity index (χ2n) is 8.07. The molecule has 0 saturated heterocycles. The van der Waals surface area contributed by atoms with Gasteiger partial charge in [0.15, 0.2) is 0 Å². The molecule has 0 spiro atoms. The fraction of sp³-hybridized carbons (Fsp3) is 0.348. The highest BCUT2D eigenvalue weighted by Crippen LogP contribution is 2.26. The molecule has 1 N–H and O–H groups in total. The van der Waals surface area contributed by atoms with E-state index in [9.17, 15) is 4.79 Å². The number of nitrogens with zero attached hydrogens (tertiary/aromatic N) is 3. The molecule has 146 valence electrons. The van der Waals surface area contributed by atoms with Gasteiger partial charge in [0.05, 0.1) is 11.4 Å². The summed E-state index contributed by atoms with van der Waals surface area (Å²) in [6.45, 7) is 6.60. The van der Waals surface area contributed by atoms with Crippen molar-refractivity contribution in [1.29, 1.82) is 0 Å². The summed E-state index contributed by atoms with van der Waals surface area (Å²) >= 11 is 0. The molecule has 2 heterocycles. The third-order valence-corrected chi connectivity index (χ3v) is 4.81. The van der Waals surface area contributed by atoms with E-state index in [4.69, 9.17) is 10.2 Å². The Morgan fingerprint density at radius 2 is 1.71 bits per heavy atom. The summed E-state index contributed by atoms with van der Waals surface area (Å²) in [5.74, 6) is -0.747. The molecule has 0 saturated carbocycles. The molecule has 0 radical (unpaired) electrons. The molecule has 0 fully saturated rings. The van der Waals surface area contributed by atoms with Gasteiger partial charge in [-0.1, -0.05) is 32.9 Å². The third kappa shape index (κ3) is 4.85. The number of aliphatic carboxylic acids is 1. The quantitative estimate of drug-likeness (QED) is 0.586. The van der Waals surface area contributed by atoms with E-state index in [-0.39, 0.29) is 11.8 Å². The number of carboxylic acid groups (broad SMARTS) is 1. The zero-order valence-corrected chi connectivity index (χ0v) is 16.7. The van der Waals surface area contributed by atoms with Crippen molar-refractivity contribution in [2.45, 2.75) is 51.9 Å². The maximum absolute atomic E-state index is 10.8.